The number of ether oxygens (including phenoxy) is 1. The molecule has 1 heterocycles. The van der Waals surface area contributed by atoms with Crippen molar-refractivity contribution in [2.75, 3.05) is 6.61 Å². The summed E-state index contributed by atoms with van der Waals surface area (Å²) in [6.07, 6.45) is 2.77. The zero-order chi connectivity index (χ0) is 22.4. The Morgan fingerprint density at radius 1 is 1.16 bits per heavy atom. The Morgan fingerprint density at radius 3 is 2.32 bits per heavy atom. The van der Waals surface area contributed by atoms with Crippen molar-refractivity contribution in [1.29, 1.82) is 0 Å². The molecule has 5 atom stereocenters. The lowest BCUT2D eigenvalue weighted by atomic mass is 9.81. The summed E-state index contributed by atoms with van der Waals surface area (Å²) in [5.74, 6) is -2.68. The number of Topliss-reactive ketones (excluding diaryl/α,β-unsaturated/α-hetero) is 1. The Labute approximate surface area is 178 Å². The minimum absolute atomic E-state index is 0.0440. The Morgan fingerprint density at radius 2 is 1.77 bits per heavy atom. The zero-order valence-corrected chi connectivity index (χ0v) is 17.4. The van der Waals surface area contributed by atoms with E-state index in [9.17, 15) is 29.3 Å². The van der Waals surface area contributed by atoms with Crippen LogP contribution in [0.3, 0.4) is 0 Å². The van der Waals surface area contributed by atoms with Gasteiger partial charge in [0.2, 0.25) is 17.6 Å². The number of non-ortho nitro benzene ring substituents is 1. The van der Waals surface area contributed by atoms with Gasteiger partial charge in [-0.1, -0.05) is 26.0 Å². The molecule has 9 nitrogen and oxygen atoms in total. The lowest BCUT2D eigenvalue weighted by Crippen LogP contribution is -2.50. The first-order chi connectivity index (χ1) is 14.7. The van der Waals surface area contributed by atoms with Crippen LogP contribution in [0.1, 0.15) is 43.5 Å². The Kier molecular flexibility index (Phi) is 5.36. The maximum absolute atomic E-state index is 13.1. The van der Waals surface area contributed by atoms with Gasteiger partial charge in [-0.05, 0) is 37.0 Å². The smallest absolute Gasteiger partial charge is 0.330 e. The molecular formula is C22H24N2O7. The lowest BCUT2D eigenvalue weighted by molar-refractivity contribution is -0.384. The number of benzene rings is 1. The fourth-order valence-electron chi connectivity index (χ4n) is 5.48. The van der Waals surface area contributed by atoms with E-state index in [4.69, 9.17) is 4.74 Å². The molecule has 2 amide bonds. The van der Waals surface area contributed by atoms with Crippen molar-refractivity contribution in [2.45, 2.75) is 39.2 Å². The van der Waals surface area contributed by atoms with E-state index >= 15 is 0 Å². The van der Waals surface area contributed by atoms with Crippen LogP contribution in [-0.2, 0) is 19.1 Å². The second kappa shape index (κ2) is 7.86. The van der Waals surface area contributed by atoms with Crippen LogP contribution in [-0.4, -0.2) is 46.0 Å². The first kappa shape index (κ1) is 21.1. The molecule has 1 aliphatic heterocycles. The number of nitro groups is 1. The number of rotatable bonds is 7. The van der Waals surface area contributed by atoms with Crippen molar-refractivity contribution in [3.63, 3.8) is 0 Å². The molecular weight excluding hydrogens is 404 g/mol. The average molecular weight is 428 g/mol. The van der Waals surface area contributed by atoms with E-state index in [1.165, 1.54) is 18.2 Å². The van der Waals surface area contributed by atoms with Crippen LogP contribution in [0.25, 0.3) is 0 Å². The maximum Gasteiger partial charge on any atom is 0.330 e. The molecule has 31 heavy (non-hydrogen) atoms. The van der Waals surface area contributed by atoms with E-state index in [2.05, 4.69) is 0 Å². The summed E-state index contributed by atoms with van der Waals surface area (Å²) in [6.45, 7) is 2.81. The number of hydrogen-bond donors (Lipinski definition) is 0. The summed E-state index contributed by atoms with van der Waals surface area (Å²) < 4.78 is 5.18. The van der Waals surface area contributed by atoms with Gasteiger partial charge in [-0.25, -0.2) is 4.79 Å². The first-order valence-corrected chi connectivity index (χ1v) is 10.5. The van der Waals surface area contributed by atoms with Gasteiger partial charge in [-0.3, -0.25) is 29.4 Å². The van der Waals surface area contributed by atoms with E-state index in [-0.39, 0.29) is 52.7 Å². The van der Waals surface area contributed by atoms with Gasteiger partial charge in [0.1, 0.15) is 6.04 Å². The van der Waals surface area contributed by atoms with Crippen LogP contribution >= 0.6 is 0 Å². The SMILES string of the molecule is CC(C)[C@@H](C(=O)OCC(=O)c1cccc([N+](=O)[O-])c1)N1C(=O)[C@@H]2[C@H]3CC[C@@H](C3)[C@@H]2C1=O. The molecule has 0 spiro atoms. The molecule has 0 unspecified atom stereocenters. The van der Waals surface area contributed by atoms with Crippen molar-refractivity contribution in [1.82, 2.24) is 4.90 Å². The number of imide groups is 1. The van der Waals surface area contributed by atoms with Crippen molar-refractivity contribution < 1.29 is 28.8 Å². The number of nitrogens with zero attached hydrogens (tertiary/aromatic N) is 2. The molecule has 0 radical (unpaired) electrons. The molecule has 1 aromatic carbocycles. The van der Waals surface area contributed by atoms with Gasteiger partial charge in [0.25, 0.3) is 5.69 Å². The first-order valence-electron chi connectivity index (χ1n) is 10.5. The summed E-state index contributed by atoms with van der Waals surface area (Å²) >= 11 is 0. The zero-order valence-electron chi connectivity index (χ0n) is 17.4. The molecule has 1 aromatic rings. The third-order valence-corrected chi connectivity index (χ3v) is 6.84. The summed E-state index contributed by atoms with van der Waals surface area (Å²) in [5.41, 5.74) is -0.200. The fraction of sp³-hybridized carbons (Fsp3) is 0.545. The van der Waals surface area contributed by atoms with E-state index in [1.54, 1.807) is 13.8 Å². The van der Waals surface area contributed by atoms with Gasteiger partial charge in [0.15, 0.2) is 6.61 Å². The number of carbonyl (C=O) groups excluding carboxylic acids is 4. The van der Waals surface area contributed by atoms with Gasteiger partial charge in [-0.2, -0.15) is 0 Å². The Hall–Kier alpha value is -3.10. The second-order valence-electron chi connectivity index (χ2n) is 8.96. The summed E-state index contributed by atoms with van der Waals surface area (Å²) in [7, 11) is 0. The van der Waals surface area contributed by atoms with Crippen LogP contribution in [0.15, 0.2) is 24.3 Å². The van der Waals surface area contributed by atoms with Gasteiger partial charge in [0.05, 0.1) is 16.8 Å². The summed E-state index contributed by atoms with van der Waals surface area (Å²) in [4.78, 5) is 62.7. The number of likely N-dealkylation sites (tertiary alicyclic amines) is 1. The average Bonchev–Trinajstić information content (AvgIpc) is 3.42. The van der Waals surface area contributed by atoms with Crippen LogP contribution in [0.5, 0.6) is 0 Å². The van der Waals surface area contributed by atoms with Gasteiger partial charge in [0, 0.05) is 17.7 Å². The predicted molar refractivity (Wildman–Crippen MR) is 107 cm³/mol. The highest BCUT2D eigenvalue weighted by Gasteiger charge is 2.62. The van der Waals surface area contributed by atoms with E-state index < -0.39 is 29.3 Å². The summed E-state index contributed by atoms with van der Waals surface area (Å²) in [6, 6.07) is 4.04. The van der Waals surface area contributed by atoms with Crippen LogP contribution in [0.2, 0.25) is 0 Å². The lowest BCUT2D eigenvalue weighted by Gasteiger charge is -2.28. The molecule has 9 heteroatoms. The highest BCUT2D eigenvalue weighted by molar-refractivity contribution is 6.09. The monoisotopic (exact) mass is 428 g/mol. The number of fused-ring (bicyclic) bond motifs is 5. The summed E-state index contributed by atoms with van der Waals surface area (Å²) in [5, 5.41) is 10.9. The molecule has 1 saturated heterocycles. The number of amides is 2. The molecule has 3 aliphatic rings. The molecule has 2 bridgehead atoms. The largest absolute Gasteiger partial charge is 0.456 e. The number of esters is 1. The van der Waals surface area contributed by atoms with E-state index in [1.807, 2.05) is 0 Å². The Bertz CT molecular complexity index is 944. The number of hydrogen-bond acceptors (Lipinski definition) is 7. The quantitative estimate of drug-likeness (QED) is 0.215. The van der Waals surface area contributed by atoms with Crippen molar-refractivity contribution in [3.8, 4) is 0 Å². The molecule has 0 N–H and O–H groups in total. The van der Waals surface area contributed by atoms with Crippen LogP contribution in [0.4, 0.5) is 5.69 Å². The van der Waals surface area contributed by atoms with Crippen LogP contribution in [0, 0.1) is 39.7 Å². The van der Waals surface area contributed by atoms with Gasteiger partial charge >= 0.3 is 5.97 Å². The van der Waals surface area contributed by atoms with Crippen molar-refractivity contribution in [2.24, 2.45) is 29.6 Å². The van der Waals surface area contributed by atoms with Crippen LogP contribution < -0.4 is 0 Å². The third-order valence-electron chi connectivity index (χ3n) is 6.84. The standard InChI is InChI=1S/C22H24N2O7/c1-11(2)19(23-20(26)17-13-6-7-14(8-13)18(17)21(23)27)22(28)31-10-16(25)12-4-3-5-15(9-12)24(29)30/h3-5,9,11,13-14,17-19H,6-8,10H2,1-2H3/t13-,14-,17-,18+,19-/m0/s1. The molecule has 0 aromatic heterocycles. The van der Waals surface area contributed by atoms with Crippen molar-refractivity contribution in [3.05, 3.63) is 39.9 Å². The predicted octanol–water partition coefficient (Wildman–Crippen LogP) is 2.38. The number of carbonyl (C=O) groups is 4. The van der Waals surface area contributed by atoms with Gasteiger partial charge < -0.3 is 4.74 Å². The molecule has 2 saturated carbocycles. The minimum atomic E-state index is -1.09. The molecule has 3 fully saturated rings. The third kappa shape index (κ3) is 3.51. The van der Waals surface area contributed by atoms with Gasteiger partial charge in [-0.15, -0.1) is 0 Å². The highest BCUT2D eigenvalue weighted by Crippen LogP contribution is 2.56. The highest BCUT2D eigenvalue weighted by atomic mass is 16.6. The normalized spacial score (nSPS) is 27.5. The second-order valence-corrected chi connectivity index (χ2v) is 8.96. The fourth-order valence-corrected chi connectivity index (χ4v) is 5.48. The van der Waals surface area contributed by atoms with E-state index in [0.29, 0.717) is 0 Å². The topological polar surface area (TPSA) is 124 Å². The number of nitro benzene ring substituents is 1. The molecule has 4 rings (SSSR count). The minimum Gasteiger partial charge on any atom is -0.456 e. The maximum atomic E-state index is 13.1. The van der Waals surface area contributed by atoms with Crippen molar-refractivity contribution >= 4 is 29.3 Å². The van der Waals surface area contributed by atoms with E-state index in [0.717, 1.165) is 30.2 Å². The molecule has 2 aliphatic carbocycles. The number of ketones is 1. The molecule has 164 valence electrons. The Balaban J connectivity index is 1.47.